The normalized spacial score (nSPS) is 15.1. The SMILES string of the molecule is CCCNC(=O)O/N=C1\CN(c2ccccc2)c2ccccc2N(COC)C1=O. The largest absolute Gasteiger partial charge is 0.433 e. The molecule has 29 heavy (non-hydrogen) atoms. The molecular weight excluding hydrogens is 372 g/mol. The Hall–Kier alpha value is -3.39. The lowest BCUT2D eigenvalue weighted by atomic mass is 10.2. The highest BCUT2D eigenvalue weighted by Crippen LogP contribution is 2.36. The van der Waals surface area contributed by atoms with Gasteiger partial charge < -0.3 is 15.0 Å². The molecule has 1 N–H and O–H groups in total. The Kier molecular flexibility index (Phi) is 6.80. The van der Waals surface area contributed by atoms with E-state index in [1.54, 1.807) is 0 Å². The van der Waals surface area contributed by atoms with Gasteiger partial charge in [-0.25, -0.2) is 4.79 Å². The number of oxime groups is 1. The standard InChI is InChI=1S/C21H24N4O4/c1-3-13-22-21(27)29-23-17-14-24(16-9-5-4-6-10-16)18-11-7-8-12-19(18)25(15-28-2)20(17)26/h4-12H,3,13-15H2,1-2H3,(H,22,27)/b23-17+. The van der Waals surface area contributed by atoms with Crippen molar-refractivity contribution in [2.45, 2.75) is 13.3 Å². The summed E-state index contributed by atoms with van der Waals surface area (Å²) in [6.45, 7) is 2.58. The van der Waals surface area contributed by atoms with Crippen molar-refractivity contribution in [1.29, 1.82) is 0 Å². The third kappa shape index (κ3) is 4.72. The highest BCUT2D eigenvalue weighted by atomic mass is 16.7. The fraction of sp³-hybridized carbons (Fsp3) is 0.286. The van der Waals surface area contributed by atoms with Crippen LogP contribution in [0.1, 0.15) is 13.3 Å². The highest BCUT2D eigenvalue weighted by Gasteiger charge is 2.32. The number of hydrogen-bond donors (Lipinski definition) is 1. The Bertz CT molecular complexity index is 885. The monoisotopic (exact) mass is 396 g/mol. The molecule has 1 aliphatic rings. The highest BCUT2D eigenvalue weighted by molar-refractivity contribution is 6.46. The number of rotatable bonds is 6. The van der Waals surface area contributed by atoms with E-state index in [0.29, 0.717) is 12.2 Å². The minimum atomic E-state index is -0.696. The van der Waals surface area contributed by atoms with E-state index in [1.807, 2.05) is 66.4 Å². The number of para-hydroxylation sites is 3. The zero-order chi connectivity index (χ0) is 20.6. The van der Waals surface area contributed by atoms with Crippen molar-refractivity contribution in [3.05, 3.63) is 54.6 Å². The van der Waals surface area contributed by atoms with Gasteiger partial charge in [0.1, 0.15) is 6.73 Å². The average Bonchev–Trinajstić information content (AvgIpc) is 2.87. The van der Waals surface area contributed by atoms with Crippen molar-refractivity contribution < 1.29 is 19.2 Å². The van der Waals surface area contributed by atoms with Crippen LogP contribution in [0.4, 0.5) is 21.9 Å². The summed E-state index contributed by atoms with van der Waals surface area (Å²) in [7, 11) is 1.52. The molecule has 2 amide bonds. The second kappa shape index (κ2) is 9.70. The molecule has 0 fully saturated rings. The maximum atomic E-state index is 13.2. The van der Waals surface area contributed by atoms with E-state index in [0.717, 1.165) is 17.8 Å². The number of carbonyl (C=O) groups excluding carboxylic acids is 2. The number of nitrogens with zero attached hydrogens (tertiary/aromatic N) is 3. The molecule has 0 saturated heterocycles. The second-order valence-corrected chi connectivity index (χ2v) is 6.40. The first kappa shape index (κ1) is 20.3. The maximum absolute atomic E-state index is 13.2. The quantitative estimate of drug-likeness (QED) is 0.599. The summed E-state index contributed by atoms with van der Waals surface area (Å²) in [6.07, 6.45) is 0.0713. The van der Waals surface area contributed by atoms with Crippen LogP contribution in [0.3, 0.4) is 0 Å². The summed E-state index contributed by atoms with van der Waals surface area (Å²) in [5.41, 5.74) is 2.48. The minimum absolute atomic E-state index is 0.0412. The molecule has 1 heterocycles. The van der Waals surface area contributed by atoms with Gasteiger partial charge >= 0.3 is 6.09 Å². The third-order valence-electron chi connectivity index (χ3n) is 4.35. The molecule has 0 aliphatic carbocycles. The fourth-order valence-corrected chi connectivity index (χ4v) is 3.01. The lowest BCUT2D eigenvalue weighted by Crippen LogP contribution is -2.39. The second-order valence-electron chi connectivity index (χ2n) is 6.40. The van der Waals surface area contributed by atoms with E-state index in [4.69, 9.17) is 9.57 Å². The molecule has 2 aromatic rings. The molecule has 0 aromatic heterocycles. The van der Waals surface area contributed by atoms with Crippen molar-refractivity contribution in [2.75, 3.05) is 36.7 Å². The minimum Gasteiger partial charge on any atom is -0.364 e. The summed E-state index contributed by atoms with van der Waals surface area (Å²) < 4.78 is 5.24. The Balaban J connectivity index is 2.01. The molecule has 0 radical (unpaired) electrons. The molecule has 0 unspecified atom stereocenters. The van der Waals surface area contributed by atoms with Crippen LogP contribution in [-0.4, -0.2) is 44.6 Å². The summed E-state index contributed by atoms with van der Waals surface area (Å²) in [5, 5.41) is 6.45. The molecule has 8 nitrogen and oxygen atoms in total. The van der Waals surface area contributed by atoms with Crippen molar-refractivity contribution in [1.82, 2.24) is 5.32 Å². The number of carbonyl (C=O) groups is 2. The van der Waals surface area contributed by atoms with Crippen molar-refractivity contribution in [3.8, 4) is 0 Å². The number of anilines is 3. The number of nitrogens with one attached hydrogen (secondary N) is 1. The van der Waals surface area contributed by atoms with Crippen LogP contribution in [0.2, 0.25) is 0 Å². The smallest absolute Gasteiger partial charge is 0.364 e. The molecule has 152 valence electrons. The van der Waals surface area contributed by atoms with Gasteiger partial charge in [-0.3, -0.25) is 14.5 Å². The molecule has 0 saturated carbocycles. The Labute approximate surface area is 169 Å². The van der Waals surface area contributed by atoms with E-state index < -0.39 is 6.09 Å². The van der Waals surface area contributed by atoms with Crippen LogP contribution in [0, 0.1) is 0 Å². The topological polar surface area (TPSA) is 83.5 Å². The van der Waals surface area contributed by atoms with E-state index >= 15 is 0 Å². The number of benzene rings is 2. The number of fused-ring (bicyclic) bond motifs is 1. The molecule has 0 atom stereocenters. The lowest BCUT2D eigenvalue weighted by molar-refractivity contribution is -0.113. The van der Waals surface area contributed by atoms with Gasteiger partial charge in [-0.2, -0.15) is 0 Å². The summed E-state index contributed by atoms with van der Waals surface area (Å²) in [6, 6.07) is 17.2. The van der Waals surface area contributed by atoms with Crippen LogP contribution in [0.15, 0.2) is 59.8 Å². The lowest BCUT2D eigenvalue weighted by Gasteiger charge is -2.25. The van der Waals surface area contributed by atoms with Gasteiger partial charge in [0.2, 0.25) is 0 Å². The van der Waals surface area contributed by atoms with Gasteiger partial charge in [-0.15, -0.1) is 0 Å². The summed E-state index contributed by atoms with van der Waals surface area (Å²) in [5.74, 6) is -0.388. The van der Waals surface area contributed by atoms with E-state index in [-0.39, 0.29) is 24.9 Å². The summed E-state index contributed by atoms with van der Waals surface area (Å²) >= 11 is 0. The van der Waals surface area contributed by atoms with Crippen molar-refractivity contribution >= 4 is 34.8 Å². The van der Waals surface area contributed by atoms with Crippen LogP contribution in [0.5, 0.6) is 0 Å². The Morgan fingerprint density at radius 2 is 1.79 bits per heavy atom. The first-order chi connectivity index (χ1) is 14.2. The number of amides is 2. The van der Waals surface area contributed by atoms with Gasteiger partial charge in [0, 0.05) is 19.3 Å². The Morgan fingerprint density at radius 3 is 2.48 bits per heavy atom. The summed E-state index contributed by atoms with van der Waals surface area (Å²) in [4.78, 5) is 33.4. The molecule has 3 rings (SSSR count). The van der Waals surface area contributed by atoms with E-state index in [1.165, 1.54) is 12.0 Å². The number of ether oxygens (including phenoxy) is 1. The predicted octanol–water partition coefficient (Wildman–Crippen LogP) is 3.27. The average molecular weight is 396 g/mol. The molecule has 1 aliphatic heterocycles. The molecule has 2 aromatic carbocycles. The molecule has 8 heteroatoms. The fourth-order valence-electron chi connectivity index (χ4n) is 3.01. The van der Waals surface area contributed by atoms with Gasteiger partial charge in [0.15, 0.2) is 5.71 Å². The van der Waals surface area contributed by atoms with Gasteiger partial charge in [-0.1, -0.05) is 42.4 Å². The first-order valence-corrected chi connectivity index (χ1v) is 9.39. The zero-order valence-corrected chi connectivity index (χ0v) is 16.5. The third-order valence-corrected chi connectivity index (χ3v) is 4.35. The van der Waals surface area contributed by atoms with Gasteiger partial charge in [0.25, 0.3) is 5.91 Å². The van der Waals surface area contributed by atoms with Crippen molar-refractivity contribution in [2.24, 2.45) is 5.16 Å². The van der Waals surface area contributed by atoms with Gasteiger partial charge in [-0.05, 0) is 30.7 Å². The van der Waals surface area contributed by atoms with Crippen LogP contribution in [-0.2, 0) is 14.4 Å². The zero-order valence-electron chi connectivity index (χ0n) is 16.5. The first-order valence-electron chi connectivity index (χ1n) is 9.39. The molecule has 0 bridgehead atoms. The number of hydrogen-bond acceptors (Lipinski definition) is 6. The maximum Gasteiger partial charge on any atom is 0.433 e. The predicted molar refractivity (Wildman–Crippen MR) is 111 cm³/mol. The number of methoxy groups -OCH3 is 1. The van der Waals surface area contributed by atoms with Crippen LogP contribution in [0.25, 0.3) is 0 Å². The van der Waals surface area contributed by atoms with Crippen LogP contribution >= 0.6 is 0 Å². The van der Waals surface area contributed by atoms with Gasteiger partial charge in [0.05, 0.1) is 17.9 Å². The van der Waals surface area contributed by atoms with E-state index in [2.05, 4.69) is 10.5 Å². The van der Waals surface area contributed by atoms with Crippen LogP contribution < -0.4 is 15.1 Å². The molecular formula is C21H24N4O4. The van der Waals surface area contributed by atoms with E-state index in [9.17, 15) is 9.59 Å². The van der Waals surface area contributed by atoms with Crippen molar-refractivity contribution in [3.63, 3.8) is 0 Å². The Morgan fingerprint density at radius 1 is 1.10 bits per heavy atom. The molecule has 0 spiro atoms.